The molecule has 0 spiro atoms. The van der Waals surface area contributed by atoms with E-state index in [1.165, 1.54) is 47.6 Å². The highest BCUT2D eigenvalue weighted by Gasteiger charge is 2.23. The van der Waals surface area contributed by atoms with Crippen LogP contribution in [0.2, 0.25) is 0 Å². The number of fused-ring (bicyclic) bond motifs is 1. The van der Waals surface area contributed by atoms with Gasteiger partial charge in [-0.25, -0.2) is 0 Å². The SMILES string of the molecule is C[C@@H](NC1CCCCC(c2ccc(CCC(=O)O)cc2)C1)c1cccc2ccccc12. The average Bonchev–Trinajstić information content (AvgIpc) is 3.03. The largest absolute Gasteiger partial charge is 0.481 e. The molecule has 0 bridgehead atoms. The molecule has 0 radical (unpaired) electrons. The van der Waals surface area contributed by atoms with Crippen molar-refractivity contribution in [3.05, 3.63) is 83.4 Å². The normalized spacial score (nSPS) is 20.3. The first-order valence-electron chi connectivity index (χ1n) is 11.6. The molecular formula is C28H33NO2. The van der Waals surface area contributed by atoms with Crippen LogP contribution in [0.1, 0.15) is 74.1 Å². The van der Waals surface area contributed by atoms with Crippen molar-refractivity contribution in [2.75, 3.05) is 0 Å². The molecule has 3 nitrogen and oxygen atoms in total. The summed E-state index contributed by atoms with van der Waals surface area (Å²) < 4.78 is 0. The number of rotatable bonds is 7. The van der Waals surface area contributed by atoms with Gasteiger partial charge in [0.2, 0.25) is 0 Å². The van der Waals surface area contributed by atoms with E-state index in [4.69, 9.17) is 5.11 Å². The lowest BCUT2D eigenvalue weighted by Crippen LogP contribution is -2.32. The van der Waals surface area contributed by atoms with Crippen molar-refractivity contribution in [1.82, 2.24) is 5.32 Å². The molecule has 3 aromatic carbocycles. The zero-order valence-corrected chi connectivity index (χ0v) is 18.4. The number of carboxylic acid groups (broad SMARTS) is 1. The van der Waals surface area contributed by atoms with E-state index < -0.39 is 5.97 Å². The maximum absolute atomic E-state index is 10.8. The van der Waals surface area contributed by atoms with Crippen molar-refractivity contribution in [3.63, 3.8) is 0 Å². The molecule has 1 saturated carbocycles. The van der Waals surface area contributed by atoms with Gasteiger partial charge in [-0.3, -0.25) is 4.79 Å². The van der Waals surface area contributed by atoms with E-state index in [9.17, 15) is 4.79 Å². The van der Waals surface area contributed by atoms with Crippen molar-refractivity contribution in [2.24, 2.45) is 0 Å². The Morgan fingerprint density at radius 1 is 1.00 bits per heavy atom. The molecule has 3 heteroatoms. The molecule has 0 saturated heterocycles. The molecule has 1 aliphatic carbocycles. The molecule has 162 valence electrons. The predicted octanol–water partition coefficient (Wildman–Crippen LogP) is 6.62. The van der Waals surface area contributed by atoms with Crippen molar-refractivity contribution < 1.29 is 9.90 Å². The molecule has 0 aliphatic heterocycles. The molecule has 31 heavy (non-hydrogen) atoms. The molecule has 2 N–H and O–H groups in total. The van der Waals surface area contributed by atoms with Gasteiger partial charge >= 0.3 is 5.97 Å². The Morgan fingerprint density at radius 2 is 1.74 bits per heavy atom. The van der Waals surface area contributed by atoms with Crippen LogP contribution in [0.25, 0.3) is 10.8 Å². The highest BCUT2D eigenvalue weighted by Crippen LogP contribution is 2.33. The maximum atomic E-state index is 10.8. The van der Waals surface area contributed by atoms with Crippen LogP contribution < -0.4 is 5.32 Å². The molecule has 1 fully saturated rings. The highest BCUT2D eigenvalue weighted by atomic mass is 16.4. The fourth-order valence-electron chi connectivity index (χ4n) is 5.09. The van der Waals surface area contributed by atoms with E-state index in [1.807, 2.05) is 0 Å². The Bertz CT molecular complexity index is 1010. The van der Waals surface area contributed by atoms with E-state index in [0.29, 0.717) is 24.4 Å². The second-order valence-electron chi connectivity index (χ2n) is 9.01. The van der Waals surface area contributed by atoms with Crippen LogP contribution in [-0.2, 0) is 11.2 Å². The minimum absolute atomic E-state index is 0.195. The Labute approximate surface area is 185 Å². The van der Waals surface area contributed by atoms with Crippen LogP contribution in [0.5, 0.6) is 0 Å². The van der Waals surface area contributed by atoms with E-state index in [-0.39, 0.29) is 6.42 Å². The predicted molar refractivity (Wildman–Crippen MR) is 128 cm³/mol. The third-order valence-corrected chi connectivity index (χ3v) is 6.78. The molecular weight excluding hydrogens is 382 g/mol. The fraction of sp³-hybridized carbons (Fsp3) is 0.393. The number of hydrogen-bond donors (Lipinski definition) is 2. The van der Waals surface area contributed by atoms with Crippen LogP contribution in [0.4, 0.5) is 0 Å². The minimum Gasteiger partial charge on any atom is -0.481 e. The lowest BCUT2D eigenvalue weighted by Gasteiger charge is -2.26. The van der Waals surface area contributed by atoms with Gasteiger partial charge in [0.1, 0.15) is 0 Å². The van der Waals surface area contributed by atoms with Gasteiger partial charge in [0, 0.05) is 18.5 Å². The van der Waals surface area contributed by atoms with Crippen molar-refractivity contribution in [2.45, 2.75) is 69.9 Å². The lowest BCUT2D eigenvalue weighted by molar-refractivity contribution is -0.136. The quantitative estimate of drug-likeness (QED) is 0.426. The third kappa shape index (κ3) is 5.54. The van der Waals surface area contributed by atoms with Gasteiger partial charge < -0.3 is 10.4 Å². The molecule has 3 aromatic rings. The summed E-state index contributed by atoms with van der Waals surface area (Å²) in [5, 5.41) is 15.5. The summed E-state index contributed by atoms with van der Waals surface area (Å²) in [5.41, 5.74) is 3.88. The van der Waals surface area contributed by atoms with Gasteiger partial charge in [-0.15, -0.1) is 0 Å². The molecule has 0 aromatic heterocycles. The first-order valence-corrected chi connectivity index (χ1v) is 11.6. The van der Waals surface area contributed by atoms with E-state index in [1.54, 1.807) is 0 Å². The van der Waals surface area contributed by atoms with Gasteiger partial charge in [-0.2, -0.15) is 0 Å². The molecule has 4 rings (SSSR count). The maximum Gasteiger partial charge on any atom is 0.303 e. The first-order chi connectivity index (χ1) is 15.1. The molecule has 0 heterocycles. The average molecular weight is 416 g/mol. The standard InChI is InChI=1S/C28H33NO2/c1-20(26-12-6-9-23-7-3-5-11-27(23)26)29-25-10-4-2-8-24(19-25)22-16-13-21(14-17-22)15-18-28(30)31/h3,5-7,9,11-14,16-17,20,24-25,29H,2,4,8,10,15,18-19H2,1H3,(H,30,31)/t20-,24?,25?/m1/s1. The zero-order valence-electron chi connectivity index (χ0n) is 18.4. The van der Waals surface area contributed by atoms with Gasteiger partial charge in [-0.1, -0.05) is 79.6 Å². The monoisotopic (exact) mass is 415 g/mol. The third-order valence-electron chi connectivity index (χ3n) is 6.78. The van der Waals surface area contributed by atoms with Crippen molar-refractivity contribution in [1.29, 1.82) is 0 Å². The number of carboxylic acids is 1. The number of nitrogens with one attached hydrogen (secondary N) is 1. The Kier molecular flexibility index (Phi) is 7.03. The van der Waals surface area contributed by atoms with E-state index >= 15 is 0 Å². The van der Waals surface area contributed by atoms with E-state index in [0.717, 1.165) is 12.0 Å². The number of benzene rings is 3. The lowest BCUT2D eigenvalue weighted by atomic mass is 9.89. The topological polar surface area (TPSA) is 49.3 Å². The molecule has 1 aliphatic rings. The summed E-state index contributed by atoms with van der Waals surface area (Å²) >= 11 is 0. The number of aryl methyl sites for hydroxylation is 1. The zero-order chi connectivity index (χ0) is 21.6. The number of hydrogen-bond acceptors (Lipinski definition) is 2. The van der Waals surface area contributed by atoms with Crippen LogP contribution in [0.3, 0.4) is 0 Å². The number of carbonyl (C=O) groups is 1. The first kappa shape index (κ1) is 21.6. The van der Waals surface area contributed by atoms with Gasteiger partial charge in [0.25, 0.3) is 0 Å². The fourth-order valence-corrected chi connectivity index (χ4v) is 5.09. The van der Waals surface area contributed by atoms with Gasteiger partial charge in [0.05, 0.1) is 0 Å². The van der Waals surface area contributed by atoms with Crippen molar-refractivity contribution in [3.8, 4) is 0 Å². The van der Waals surface area contributed by atoms with E-state index in [2.05, 4.69) is 79.0 Å². The van der Waals surface area contributed by atoms with Gasteiger partial charge in [0.15, 0.2) is 0 Å². The summed E-state index contributed by atoms with van der Waals surface area (Å²) in [6.45, 7) is 2.29. The Hall–Kier alpha value is -2.65. The Morgan fingerprint density at radius 3 is 2.55 bits per heavy atom. The van der Waals surface area contributed by atoms with Gasteiger partial charge in [-0.05, 0) is 66.0 Å². The molecule has 0 amide bonds. The summed E-state index contributed by atoms with van der Waals surface area (Å²) in [4.78, 5) is 10.8. The number of aliphatic carboxylic acids is 1. The smallest absolute Gasteiger partial charge is 0.303 e. The molecule has 2 unspecified atom stereocenters. The highest BCUT2D eigenvalue weighted by molar-refractivity contribution is 5.86. The summed E-state index contributed by atoms with van der Waals surface area (Å²) in [6, 6.07) is 24.7. The summed E-state index contributed by atoms with van der Waals surface area (Å²) in [6.07, 6.45) is 6.95. The molecule has 3 atom stereocenters. The summed E-state index contributed by atoms with van der Waals surface area (Å²) in [7, 11) is 0. The second kappa shape index (κ2) is 10.1. The van der Waals surface area contributed by atoms with Crippen LogP contribution >= 0.6 is 0 Å². The Balaban J connectivity index is 1.44. The van der Waals surface area contributed by atoms with Crippen LogP contribution in [0.15, 0.2) is 66.7 Å². The van der Waals surface area contributed by atoms with Crippen LogP contribution in [-0.4, -0.2) is 17.1 Å². The second-order valence-corrected chi connectivity index (χ2v) is 9.01. The minimum atomic E-state index is -0.734. The van der Waals surface area contributed by atoms with Crippen LogP contribution in [0, 0.1) is 0 Å². The van der Waals surface area contributed by atoms with Crippen molar-refractivity contribution >= 4 is 16.7 Å². The summed E-state index contributed by atoms with van der Waals surface area (Å²) in [5.74, 6) is -0.171.